The molecule has 1 amide bonds. The number of nitrogens with zero attached hydrogens (tertiary/aromatic N) is 1. The molecule has 0 bridgehead atoms. The SMILES string of the molecule is Cc1cccc(N(C)CC(=O)NCc2cccs2)c1C. The Bertz CT molecular complexity index is 578. The molecule has 0 unspecified atom stereocenters. The van der Waals surface area contributed by atoms with Crippen LogP contribution in [-0.4, -0.2) is 19.5 Å². The van der Waals surface area contributed by atoms with Crippen molar-refractivity contribution in [1.82, 2.24) is 5.32 Å². The van der Waals surface area contributed by atoms with Crippen LogP contribution < -0.4 is 10.2 Å². The first-order valence-corrected chi connectivity index (χ1v) is 7.52. The molecular formula is C16H20N2OS. The normalized spacial score (nSPS) is 10.3. The van der Waals surface area contributed by atoms with Crippen LogP contribution in [0.5, 0.6) is 0 Å². The Labute approximate surface area is 124 Å². The van der Waals surface area contributed by atoms with Gasteiger partial charge in [0.25, 0.3) is 0 Å². The van der Waals surface area contributed by atoms with Crippen molar-refractivity contribution in [3.8, 4) is 0 Å². The number of anilines is 1. The fourth-order valence-electron chi connectivity index (χ4n) is 2.10. The van der Waals surface area contributed by atoms with Gasteiger partial charge in [0.05, 0.1) is 13.1 Å². The first kappa shape index (κ1) is 14.6. The molecule has 0 spiro atoms. The summed E-state index contributed by atoms with van der Waals surface area (Å²) in [5.74, 6) is 0.0433. The van der Waals surface area contributed by atoms with Crippen LogP contribution in [0.4, 0.5) is 5.69 Å². The summed E-state index contributed by atoms with van der Waals surface area (Å²) in [6, 6.07) is 10.2. The number of carbonyl (C=O) groups is 1. The van der Waals surface area contributed by atoms with Gasteiger partial charge in [-0.1, -0.05) is 18.2 Å². The number of aryl methyl sites for hydroxylation is 1. The van der Waals surface area contributed by atoms with Crippen molar-refractivity contribution in [3.05, 3.63) is 51.7 Å². The van der Waals surface area contributed by atoms with Gasteiger partial charge in [-0.3, -0.25) is 4.79 Å². The maximum absolute atomic E-state index is 12.0. The first-order valence-electron chi connectivity index (χ1n) is 6.64. The van der Waals surface area contributed by atoms with Crippen LogP contribution in [0.3, 0.4) is 0 Å². The molecule has 4 heteroatoms. The summed E-state index contributed by atoms with van der Waals surface area (Å²) < 4.78 is 0. The van der Waals surface area contributed by atoms with Gasteiger partial charge >= 0.3 is 0 Å². The van der Waals surface area contributed by atoms with Crippen molar-refractivity contribution in [3.63, 3.8) is 0 Å². The van der Waals surface area contributed by atoms with Crippen molar-refractivity contribution < 1.29 is 4.79 Å². The van der Waals surface area contributed by atoms with Crippen molar-refractivity contribution in [1.29, 1.82) is 0 Å². The summed E-state index contributed by atoms with van der Waals surface area (Å²) in [4.78, 5) is 15.1. The molecule has 0 fully saturated rings. The smallest absolute Gasteiger partial charge is 0.239 e. The van der Waals surface area contributed by atoms with Gasteiger partial charge in [-0.05, 0) is 42.5 Å². The second-order valence-electron chi connectivity index (χ2n) is 4.93. The minimum atomic E-state index is 0.0433. The van der Waals surface area contributed by atoms with Crippen LogP contribution in [0.25, 0.3) is 0 Å². The van der Waals surface area contributed by atoms with Gasteiger partial charge in [-0.15, -0.1) is 11.3 Å². The Hall–Kier alpha value is -1.81. The topological polar surface area (TPSA) is 32.3 Å². The molecule has 3 nitrogen and oxygen atoms in total. The molecule has 0 aliphatic rings. The molecule has 1 aromatic carbocycles. The fraction of sp³-hybridized carbons (Fsp3) is 0.312. The predicted molar refractivity (Wildman–Crippen MR) is 85.4 cm³/mol. The van der Waals surface area contributed by atoms with Gasteiger partial charge in [-0.25, -0.2) is 0 Å². The van der Waals surface area contributed by atoms with Gasteiger partial charge in [0.15, 0.2) is 0 Å². The second-order valence-corrected chi connectivity index (χ2v) is 5.96. The van der Waals surface area contributed by atoms with Crippen molar-refractivity contribution in [2.24, 2.45) is 0 Å². The molecule has 2 aromatic rings. The van der Waals surface area contributed by atoms with Crippen LogP contribution >= 0.6 is 11.3 Å². The molecule has 1 N–H and O–H groups in total. The number of hydrogen-bond donors (Lipinski definition) is 1. The second kappa shape index (κ2) is 6.57. The third kappa shape index (κ3) is 3.61. The highest BCUT2D eigenvalue weighted by Crippen LogP contribution is 2.21. The molecule has 0 radical (unpaired) electrons. The molecule has 106 valence electrons. The summed E-state index contributed by atoms with van der Waals surface area (Å²) in [6.07, 6.45) is 0. The monoisotopic (exact) mass is 288 g/mol. The Morgan fingerprint density at radius 3 is 2.75 bits per heavy atom. The van der Waals surface area contributed by atoms with E-state index in [9.17, 15) is 4.79 Å². The number of carbonyl (C=O) groups excluding carboxylic acids is 1. The highest BCUT2D eigenvalue weighted by Gasteiger charge is 2.10. The standard InChI is InChI=1S/C16H20N2OS/c1-12-6-4-8-15(13(12)2)18(3)11-16(19)17-10-14-7-5-9-20-14/h4-9H,10-11H2,1-3H3,(H,17,19). The lowest BCUT2D eigenvalue weighted by atomic mass is 10.1. The van der Waals surface area contributed by atoms with Crippen LogP contribution in [0.1, 0.15) is 16.0 Å². The van der Waals surface area contributed by atoms with Gasteiger partial charge in [-0.2, -0.15) is 0 Å². The number of nitrogens with one attached hydrogen (secondary N) is 1. The van der Waals surface area contributed by atoms with Gasteiger partial charge in [0, 0.05) is 17.6 Å². The van der Waals surface area contributed by atoms with E-state index in [1.807, 2.05) is 35.5 Å². The van der Waals surface area contributed by atoms with E-state index in [-0.39, 0.29) is 5.91 Å². The summed E-state index contributed by atoms with van der Waals surface area (Å²) in [7, 11) is 1.95. The van der Waals surface area contributed by atoms with E-state index < -0.39 is 0 Å². The fourth-order valence-corrected chi connectivity index (χ4v) is 2.75. The average Bonchev–Trinajstić information content (AvgIpc) is 2.92. The molecule has 2 rings (SSSR count). The van der Waals surface area contributed by atoms with Gasteiger partial charge in [0.1, 0.15) is 0 Å². The van der Waals surface area contributed by atoms with E-state index in [0.717, 1.165) is 5.69 Å². The maximum atomic E-state index is 12.0. The highest BCUT2D eigenvalue weighted by atomic mass is 32.1. The quantitative estimate of drug-likeness (QED) is 0.917. The Morgan fingerprint density at radius 1 is 1.25 bits per heavy atom. The molecule has 1 heterocycles. The van der Waals surface area contributed by atoms with E-state index in [4.69, 9.17) is 0 Å². The molecule has 0 aliphatic carbocycles. The minimum Gasteiger partial charge on any atom is -0.365 e. The third-order valence-corrected chi connectivity index (χ3v) is 4.28. The number of thiophene rings is 1. The van der Waals surface area contributed by atoms with Crippen LogP contribution in [0, 0.1) is 13.8 Å². The largest absolute Gasteiger partial charge is 0.365 e. The molecule has 0 saturated carbocycles. The van der Waals surface area contributed by atoms with Crippen LogP contribution in [0.15, 0.2) is 35.7 Å². The molecular weight excluding hydrogens is 268 g/mol. The molecule has 0 aliphatic heterocycles. The average molecular weight is 288 g/mol. The Morgan fingerprint density at radius 2 is 2.05 bits per heavy atom. The summed E-state index contributed by atoms with van der Waals surface area (Å²) in [5, 5.41) is 4.97. The minimum absolute atomic E-state index is 0.0433. The summed E-state index contributed by atoms with van der Waals surface area (Å²) in [5.41, 5.74) is 3.57. The zero-order chi connectivity index (χ0) is 14.5. The van der Waals surface area contributed by atoms with E-state index in [1.54, 1.807) is 11.3 Å². The van der Waals surface area contributed by atoms with Crippen LogP contribution in [0.2, 0.25) is 0 Å². The zero-order valence-corrected chi connectivity index (χ0v) is 13.0. The maximum Gasteiger partial charge on any atom is 0.239 e. The number of benzene rings is 1. The van der Waals surface area contributed by atoms with Crippen molar-refractivity contribution >= 4 is 22.9 Å². The first-order chi connectivity index (χ1) is 9.58. The van der Waals surface area contributed by atoms with E-state index in [2.05, 4.69) is 31.3 Å². The molecule has 20 heavy (non-hydrogen) atoms. The number of hydrogen-bond acceptors (Lipinski definition) is 3. The molecule has 1 aromatic heterocycles. The lowest BCUT2D eigenvalue weighted by Crippen LogP contribution is -2.35. The van der Waals surface area contributed by atoms with Crippen LogP contribution in [-0.2, 0) is 11.3 Å². The van der Waals surface area contributed by atoms with E-state index >= 15 is 0 Å². The van der Waals surface area contributed by atoms with Crippen molar-refractivity contribution in [2.75, 3.05) is 18.5 Å². The number of amides is 1. The zero-order valence-electron chi connectivity index (χ0n) is 12.1. The van der Waals surface area contributed by atoms with Gasteiger partial charge < -0.3 is 10.2 Å². The van der Waals surface area contributed by atoms with E-state index in [1.165, 1.54) is 16.0 Å². The lowest BCUT2D eigenvalue weighted by molar-refractivity contribution is -0.119. The molecule has 0 saturated heterocycles. The van der Waals surface area contributed by atoms with E-state index in [0.29, 0.717) is 13.1 Å². The number of rotatable bonds is 5. The summed E-state index contributed by atoms with van der Waals surface area (Å²) in [6.45, 7) is 5.15. The molecule has 0 atom stereocenters. The predicted octanol–water partition coefficient (Wildman–Crippen LogP) is 3.12. The lowest BCUT2D eigenvalue weighted by Gasteiger charge is -2.21. The Kier molecular flexibility index (Phi) is 4.79. The number of likely N-dealkylation sites (N-methyl/N-ethyl adjacent to an activating group) is 1. The summed E-state index contributed by atoms with van der Waals surface area (Å²) >= 11 is 1.66. The Balaban J connectivity index is 1.92. The third-order valence-electron chi connectivity index (χ3n) is 3.41. The van der Waals surface area contributed by atoms with Crippen molar-refractivity contribution in [2.45, 2.75) is 20.4 Å². The highest BCUT2D eigenvalue weighted by molar-refractivity contribution is 7.09. The van der Waals surface area contributed by atoms with Gasteiger partial charge in [0.2, 0.25) is 5.91 Å².